The summed E-state index contributed by atoms with van der Waals surface area (Å²) in [5.74, 6) is -0.152. The monoisotopic (exact) mass is 355 g/mol. The van der Waals surface area contributed by atoms with Crippen LogP contribution >= 0.6 is 0 Å². The third-order valence-corrected chi connectivity index (χ3v) is 5.82. The van der Waals surface area contributed by atoms with Crippen LogP contribution in [0.1, 0.15) is 17.3 Å². The van der Waals surface area contributed by atoms with Crippen LogP contribution in [0.4, 0.5) is 0 Å². The van der Waals surface area contributed by atoms with Crippen molar-refractivity contribution >= 4 is 22.6 Å². The number of pyridine rings is 1. The predicted molar refractivity (Wildman–Crippen MR) is 95.7 cm³/mol. The summed E-state index contributed by atoms with van der Waals surface area (Å²) in [6.07, 6.45) is 1.47. The largest absolute Gasteiger partial charge is 0.396 e. The van der Waals surface area contributed by atoms with Crippen LogP contribution in [0.25, 0.3) is 10.8 Å². The number of carbonyl (C=O) groups excluding carboxylic acids is 2. The Morgan fingerprint density at radius 2 is 1.85 bits per heavy atom. The minimum absolute atomic E-state index is 0.00303. The van der Waals surface area contributed by atoms with Crippen LogP contribution in [-0.4, -0.2) is 64.5 Å². The van der Waals surface area contributed by atoms with Crippen LogP contribution < -0.4 is 5.56 Å². The van der Waals surface area contributed by atoms with Gasteiger partial charge in [0.05, 0.1) is 5.56 Å². The van der Waals surface area contributed by atoms with E-state index < -0.39 is 0 Å². The van der Waals surface area contributed by atoms with Crippen LogP contribution in [0.15, 0.2) is 35.3 Å². The fraction of sp³-hybridized carbons (Fsp3) is 0.421. The van der Waals surface area contributed by atoms with Gasteiger partial charge in [-0.1, -0.05) is 18.2 Å². The third-order valence-electron chi connectivity index (χ3n) is 5.82. The zero-order valence-electron chi connectivity index (χ0n) is 14.6. The molecular weight excluding hydrogens is 334 g/mol. The Morgan fingerprint density at radius 1 is 1.19 bits per heavy atom. The maximum Gasteiger partial charge on any atom is 0.256 e. The Labute approximate surface area is 150 Å². The number of fused-ring (bicyclic) bond motifs is 1. The van der Waals surface area contributed by atoms with E-state index in [1.54, 1.807) is 34.1 Å². The standard InChI is InChI=1S/C19H21N3O4/c1-12(24)21-7-13(8-23)19(9-21)10-22(11-19)18(26)16-6-20-17(25)15-5-3-2-4-14(15)16/h2-6,13,23H,7-11H2,1H3,(H,20,25). The Hall–Kier alpha value is -2.67. The van der Waals surface area contributed by atoms with Gasteiger partial charge in [0.25, 0.3) is 11.5 Å². The molecule has 0 bridgehead atoms. The van der Waals surface area contributed by atoms with E-state index in [4.69, 9.17) is 0 Å². The normalized spacial score (nSPS) is 21.2. The fourth-order valence-electron chi connectivity index (χ4n) is 4.30. The minimum atomic E-state index is -0.228. The number of carbonyl (C=O) groups is 2. The van der Waals surface area contributed by atoms with Crippen molar-refractivity contribution < 1.29 is 14.7 Å². The second-order valence-corrected chi connectivity index (χ2v) is 7.38. The summed E-state index contributed by atoms with van der Waals surface area (Å²) < 4.78 is 0. The van der Waals surface area contributed by atoms with Gasteiger partial charge in [-0.25, -0.2) is 0 Å². The van der Waals surface area contributed by atoms with Gasteiger partial charge < -0.3 is 19.9 Å². The quantitative estimate of drug-likeness (QED) is 0.817. The number of aliphatic hydroxyl groups excluding tert-OH is 1. The lowest BCUT2D eigenvalue weighted by molar-refractivity contribution is -0.128. The molecule has 1 spiro atoms. The smallest absolute Gasteiger partial charge is 0.256 e. The van der Waals surface area contributed by atoms with Crippen LogP contribution in [0.2, 0.25) is 0 Å². The van der Waals surface area contributed by atoms with Gasteiger partial charge in [0.15, 0.2) is 0 Å². The molecule has 7 nitrogen and oxygen atoms in total. The number of H-pyrrole nitrogens is 1. The fourth-order valence-corrected chi connectivity index (χ4v) is 4.30. The first-order valence-electron chi connectivity index (χ1n) is 8.71. The Balaban J connectivity index is 1.58. The van der Waals surface area contributed by atoms with E-state index in [0.717, 1.165) is 0 Å². The first-order valence-corrected chi connectivity index (χ1v) is 8.71. The van der Waals surface area contributed by atoms with E-state index in [2.05, 4.69) is 4.98 Å². The molecule has 4 rings (SSSR count). The third kappa shape index (κ3) is 2.42. The molecule has 0 saturated carbocycles. The zero-order chi connectivity index (χ0) is 18.5. The van der Waals surface area contributed by atoms with E-state index >= 15 is 0 Å². The summed E-state index contributed by atoms with van der Waals surface area (Å²) in [7, 11) is 0. The van der Waals surface area contributed by atoms with E-state index in [-0.39, 0.29) is 35.3 Å². The molecule has 3 heterocycles. The van der Waals surface area contributed by atoms with Gasteiger partial charge in [0, 0.05) is 68.0 Å². The van der Waals surface area contributed by atoms with Gasteiger partial charge in [0.1, 0.15) is 0 Å². The van der Waals surface area contributed by atoms with Crippen molar-refractivity contribution in [3.8, 4) is 0 Å². The van der Waals surface area contributed by atoms with Gasteiger partial charge >= 0.3 is 0 Å². The molecule has 1 aromatic carbocycles. The first kappa shape index (κ1) is 16.8. The highest BCUT2D eigenvalue weighted by Crippen LogP contribution is 2.44. The van der Waals surface area contributed by atoms with Crippen LogP contribution in [-0.2, 0) is 4.79 Å². The average Bonchev–Trinajstić information content (AvgIpc) is 3.01. The highest BCUT2D eigenvalue weighted by Gasteiger charge is 2.55. The SMILES string of the molecule is CC(=O)N1CC(CO)C2(C1)CN(C(=O)c1c[nH]c(=O)c3ccccc13)C2. The molecule has 1 unspecified atom stereocenters. The van der Waals surface area contributed by atoms with E-state index in [1.165, 1.54) is 13.1 Å². The van der Waals surface area contributed by atoms with Crippen molar-refractivity contribution in [3.05, 3.63) is 46.4 Å². The molecule has 1 atom stereocenters. The summed E-state index contributed by atoms with van der Waals surface area (Å²) in [4.78, 5) is 42.7. The van der Waals surface area contributed by atoms with E-state index in [1.807, 2.05) is 0 Å². The number of benzene rings is 1. The second-order valence-electron chi connectivity index (χ2n) is 7.38. The van der Waals surface area contributed by atoms with Gasteiger partial charge in [-0.3, -0.25) is 14.4 Å². The maximum absolute atomic E-state index is 13.0. The molecule has 136 valence electrons. The van der Waals surface area contributed by atoms with Crippen LogP contribution in [0.3, 0.4) is 0 Å². The Bertz CT molecular complexity index is 945. The number of aromatic amines is 1. The van der Waals surface area contributed by atoms with Gasteiger partial charge in [0.2, 0.25) is 5.91 Å². The second kappa shape index (κ2) is 5.95. The molecule has 2 aliphatic rings. The van der Waals surface area contributed by atoms with Crippen molar-refractivity contribution in [1.82, 2.24) is 14.8 Å². The number of aromatic nitrogens is 1. The zero-order valence-corrected chi connectivity index (χ0v) is 14.6. The number of nitrogens with zero attached hydrogens (tertiary/aromatic N) is 2. The summed E-state index contributed by atoms with van der Waals surface area (Å²) in [6, 6.07) is 7.05. The molecule has 2 aromatic rings. The molecule has 2 fully saturated rings. The summed E-state index contributed by atoms with van der Waals surface area (Å²) in [5.41, 5.74) is 0.0242. The van der Waals surface area contributed by atoms with Crippen molar-refractivity contribution in [2.45, 2.75) is 6.92 Å². The van der Waals surface area contributed by atoms with E-state index in [0.29, 0.717) is 42.5 Å². The lowest BCUT2D eigenvalue weighted by Gasteiger charge is -2.50. The number of hydrogen-bond acceptors (Lipinski definition) is 4. The molecule has 2 amide bonds. The predicted octanol–water partition coefficient (Wildman–Crippen LogP) is 0.441. The Morgan fingerprint density at radius 3 is 2.50 bits per heavy atom. The number of aliphatic hydroxyl groups is 1. The molecule has 0 aliphatic carbocycles. The lowest BCUT2D eigenvalue weighted by atomic mass is 9.71. The first-order chi connectivity index (χ1) is 12.4. The number of amides is 2. The molecule has 0 radical (unpaired) electrons. The number of hydrogen-bond donors (Lipinski definition) is 2. The Kier molecular flexibility index (Phi) is 3.84. The van der Waals surface area contributed by atoms with E-state index in [9.17, 15) is 19.5 Å². The number of likely N-dealkylation sites (tertiary alicyclic amines) is 2. The average molecular weight is 355 g/mol. The summed E-state index contributed by atoms with van der Waals surface area (Å²) in [6.45, 7) is 3.66. The maximum atomic E-state index is 13.0. The van der Waals surface area contributed by atoms with Crippen molar-refractivity contribution in [2.75, 3.05) is 32.8 Å². The number of nitrogens with one attached hydrogen (secondary N) is 1. The molecule has 2 N–H and O–H groups in total. The van der Waals surface area contributed by atoms with Crippen molar-refractivity contribution in [3.63, 3.8) is 0 Å². The highest BCUT2D eigenvalue weighted by atomic mass is 16.3. The lowest BCUT2D eigenvalue weighted by Crippen LogP contribution is -2.62. The topological polar surface area (TPSA) is 93.7 Å². The van der Waals surface area contributed by atoms with Crippen molar-refractivity contribution in [2.24, 2.45) is 11.3 Å². The van der Waals surface area contributed by atoms with Crippen molar-refractivity contribution in [1.29, 1.82) is 0 Å². The van der Waals surface area contributed by atoms with Gasteiger partial charge in [-0.15, -0.1) is 0 Å². The molecular formula is C19H21N3O4. The molecule has 2 saturated heterocycles. The molecule has 1 aromatic heterocycles. The molecule has 2 aliphatic heterocycles. The van der Waals surface area contributed by atoms with Crippen LogP contribution in [0, 0.1) is 11.3 Å². The van der Waals surface area contributed by atoms with Gasteiger partial charge in [-0.05, 0) is 6.07 Å². The highest BCUT2D eigenvalue weighted by molar-refractivity contribution is 6.06. The number of rotatable bonds is 2. The minimum Gasteiger partial charge on any atom is -0.396 e. The summed E-state index contributed by atoms with van der Waals surface area (Å²) in [5, 5.41) is 10.8. The summed E-state index contributed by atoms with van der Waals surface area (Å²) >= 11 is 0. The van der Waals surface area contributed by atoms with Crippen LogP contribution in [0.5, 0.6) is 0 Å². The molecule has 26 heavy (non-hydrogen) atoms. The van der Waals surface area contributed by atoms with Gasteiger partial charge in [-0.2, -0.15) is 0 Å². The molecule has 7 heteroatoms.